The van der Waals surface area contributed by atoms with Crippen molar-refractivity contribution in [1.29, 1.82) is 0 Å². The average molecular weight is 377 g/mol. The second-order valence-electron chi connectivity index (χ2n) is 6.28. The number of benzene rings is 2. The molecule has 25 heavy (non-hydrogen) atoms. The molecule has 2 aromatic carbocycles. The van der Waals surface area contributed by atoms with Crippen molar-refractivity contribution in [3.8, 4) is 0 Å². The molecule has 1 aliphatic rings. The predicted octanol–water partition coefficient (Wildman–Crippen LogP) is 4.31. The number of halogens is 1. The van der Waals surface area contributed by atoms with E-state index in [-0.39, 0.29) is 11.5 Å². The molecule has 1 N–H and O–H groups in total. The van der Waals surface area contributed by atoms with Crippen LogP contribution in [0.5, 0.6) is 0 Å². The van der Waals surface area contributed by atoms with Crippen LogP contribution >= 0.6 is 11.6 Å². The molecule has 0 saturated heterocycles. The van der Waals surface area contributed by atoms with Gasteiger partial charge >= 0.3 is 0 Å². The van der Waals surface area contributed by atoms with E-state index < -0.39 is 16.7 Å². The van der Waals surface area contributed by atoms with Gasteiger partial charge in [-0.25, -0.2) is 4.21 Å². The standard InChI is InChI=1S/C19H17ClO4S/c1-19(2)18(21)16(12-6-4-3-5-7-12)17(24-19)13-8-9-14(11-25(22)23)15(20)10-13/h3-10H,11H2,1-2H3,(H,22,23). The minimum absolute atomic E-state index is 0.0466. The molecule has 1 atom stereocenters. The zero-order chi connectivity index (χ0) is 18.2. The Morgan fingerprint density at radius 2 is 1.80 bits per heavy atom. The molecule has 1 heterocycles. The van der Waals surface area contributed by atoms with E-state index in [2.05, 4.69) is 0 Å². The molecule has 0 bridgehead atoms. The monoisotopic (exact) mass is 376 g/mol. The summed E-state index contributed by atoms with van der Waals surface area (Å²) >= 11 is 4.27. The maximum atomic E-state index is 12.8. The molecule has 130 valence electrons. The first-order valence-electron chi connectivity index (χ1n) is 7.69. The van der Waals surface area contributed by atoms with Crippen molar-refractivity contribution < 1.29 is 18.3 Å². The number of Topliss-reactive ketones (excluding diaryl/α,β-unsaturated/α-hetero) is 1. The smallest absolute Gasteiger partial charge is 0.210 e. The van der Waals surface area contributed by atoms with Gasteiger partial charge in [-0.3, -0.25) is 4.79 Å². The van der Waals surface area contributed by atoms with Gasteiger partial charge in [0.2, 0.25) is 5.78 Å². The maximum absolute atomic E-state index is 12.8. The van der Waals surface area contributed by atoms with Crippen LogP contribution in [0.1, 0.15) is 30.5 Å². The molecule has 4 nitrogen and oxygen atoms in total. The van der Waals surface area contributed by atoms with Gasteiger partial charge in [0.1, 0.15) is 5.76 Å². The van der Waals surface area contributed by atoms with Gasteiger partial charge in [-0.05, 0) is 31.0 Å². The number of carbonyl (C=O) groups excluding carboxylic acids is 1. The van der Waals surface area contributed by atoms with Crippen molar-refractivity contribution in [3.05, 3.63) is 70.2 Å². The second-order valence-corrected chi connectivity index (χ2v) is 7.62. The van der Waals surface area contributed by atoms with E-state index in [1.807, 2.05) is 30.3 Å². The summed E-state index contributed by atoms with van der Waals surface area (Å²) in [6.07, 6.45) is 0. The summed E-state index contributed by atoms with van der Waals surface area (Å²) in [5.41, 5.74) is 1.56. The molecule has 0 spiro atoms. The van der Waals surface area contributed by atoms with Gasteiger partial charge in [0.15, 0.2) is 16.7 Å². The zero-order valence-electron chi connectivity index (χ0n) is 13.8. The molecule has 1 unspecified atom stereocenters. The van der Waals surface area contributed by atoms with Crippen molar-refractivity contribution in [2.45, 2.75) is 25.2 Å². The quantitative estimate of drug-likeness (QED) is 0.807. The Morgan fingerprint density at radius 3 is 2.40 bits per heavy atom. The topological polar surface area (TPSA) is 63.6 Å². The summed E-state index contributed by atoms with van der Waals surface area (Å²) in [4.78, 5) is 12.8. The van der Waals surface area contributed by atoms with Crippen LogP contribution in [0.4, 0.5) is 0 Å². The first-order valence-corrected chi connectivity index (χ1v) is 9.35. The number of carbonyl (C=O) groups is 1. The van der Waals surface area contributed by atoms with Gasteiger partial charge in [0, 0.05) is 10.6 Å². The molecule has 0 saturated carbocycles. The normalized spacial score (nSPS) is 17.5. The average Bonchev–Trinajstić information content (AvgIpc) is 2.80. The van der Waals surface area contributed by atoms with E-state index in [0.717, 1.165) is 5.56 Å². The van der Waals surface area contributed by atoms with Crippen LogP contribution in [-0.2, 0) is 26.4 Å². The molecule has 1 aliphatic heterocycles. The molecule has 0 fully saturated rings. The summed E-state index contributed by atoms with van der Waals surface area (Å²) < 4.78 is 26.0. The summed E-state index contributed by atoms with van der Waals surface area (Å²) in [5, 5.41) is 0.362. The Balaban J connectivity index is 2.12. The minimum Gasteiger partial charge on any atom is -0.478 e. The summed E-state index contributed by atoms with van der Waals surface area (Å²) in [6, 6.07) is 14.4. The first-order chi connectivity index (χ1) is 11.8. The Hall–Kier alpha value is -1.95. The van der Waals surface area contributed by atoms with Gasteiger partial charge in [-0.1, -0.05) is 54.1 Å². The summed E-state index contributed by atoms with van der Waals surface area (Å²) in [7, 11) is 0. The van der Waals surface area contributed by atoms with Crippen molar-refractivity contribution in [2.24, 2.45) is 0 Å². The summed E-state index contributed by atoms with van der Waals surface area (Å²) in [6.45, 7) is 3.46. The minimum atomic E-state index is -1.97. The van der Waals surface area contributed by atoms with Crippen LogP contribution in [0.25, 0.3) is 11.3 Å². The highest BCUT2D eigenvalue weighted by Gasteiger charge is 2.42. The Morgan fingerprint density at radius 1 is 1.12 bits per heavy atom. The van der Waals surface area contributed by atoms with Crippen molar-refractivity contribution in [2.75, 3.05) is 0 Å². The summed E-state index contributed by atoms with van der Waals surface area (Å²) in [5.74, 6) is 0.333. The highest BCUT2D eigenvalue weighted by molar-refractivity contribution is 7.78. The fraction of sp³-hybridized carbons (Fsp3) is 0.211. The third-order valence-electron chi connectivity index (χ3n) is 4.01. The van der Waals surface area contributed by atoms with E-state index in [0.29, 0.717) is 27.5 Å². The lowest BCUT2D eigenvalue weighted by Crippen LogP contribution is -2.29. The van der Waals surface area contributed by atoms with Gasteiger partial charge < -0.3 is 9.29 Å². The number of hydrogen-bond acceptors (Lipinski definition) is 3. The molecular formula is C19H17ClO4S. The zero-order valence-corrected chi connectivity index (χ0v) is 15.4. The van der Waals surface area contributed by atoms with Crippen LogP contribution in [0.2, 0.25) is 5.02 Å². The van der Waals surface area contributed by atoms with E-state index in [4.69, 9.17) is 20.9 Å². The lowest BCUT2D eigenvalue weighted by molar-refractivity contribution is -0.125. The highest BCUT2D eigenvalue weighted by atomic mass is 35.5. The first kappa shape index (κ1) is 17.9. The number of rotatable bonds is 4. The molecule has 0 aliphatic carbocycles. The van der Waals surface area contributed by atoms with Gasteiger partial charge in [-0.15, -0.1) is 0 Å². The van der Waals surface area contributed by atoms with Crippen molar-refractivity contribution in [1.82, 2.24) is 0 Å². The lowest BCUT2D eigenvalue weighted by Gasteiger charge is -2.18. The largest absolute Gasteiger partial charge is 0.478 e. The van der Waals surface area contributed by atoms with Crippen LogP contribution in [0, 0.1) is 0 Å². The second kappa shape index (κ2) is 6.75. The lowest BCUT2D eigenvalue weighted by atomic mass is 9.92. The van der Waals surface area contributed by atoms with Crippen LogP contribution < -0.4 is 0 Å². The molecule has 2 aromatic rings. The molecule has 6 heteroatoms. The van der Waals surface area contributed by atoms with Crippen molar-refractivity contribution in [3.63, 3.8) is 0 Å². The van der Waals surface area contributed by atoms with E-state index in [9.17, 15) is 9.00 Å². The van der Waals surface area contributed by atoms with Crippen molar-refractivity contribution >= 4 is 39.8 Å². The molecule has 0 radical (unpaired) electrons. The molecular weight excluding hydrogens is 360 g/mol. The van der Waals surface area contributed by atoms with Gasteiger partial charge in [-0.2, -0.15) is 0 Å². The number of ether oxygens (including phenoxy) is 1. The molecule has 3 rings (SSSR count). The fourth-order valence-electron chi connectivity index (χ4n) is 2.77. The number of hydrogen-bond donors (Lipinski definition) is 1. The Labute approximate surface area is 153 Å². The predicted molar refractivity (Wildman–Crippen MR) is 99.4 cm³/mol. The van der Waals surface area contributed by atoms with Crippen LogP contribution in [0.3, 0.4) is 0 Å². The SMILES string of the molecule is CC1(C)OC(c2ccc(CS(=O)O)c(Cl)c2)=C(c2ccccc2)C1=O. The number of ketones is 1. The third-order valence-corrected chi connectivity index (χ3v) is 4.92. The fourth-order valence-corrected chi connectivity index (χ4v) is 3.61. The molecule has 0 amide bonds. The van der Waals surface area contributed by atoms with E-state index >= 15 is 0 Å². The van der Waals surface area contributed by atoms with Gasteiger partial charge in [0.05, 0.1) is 11.3 Å². The Kier molecular flexibility index (Phi) is 4.82. The maximum Gasteiger partial charge on any atom is 0.210 e. The van der Waals surface area contributed by atoms with E-state index in [1.54, 1.807) is 32.0 Å². The molecule has 0 aromatic heterocycles. The highest BCUT2D eigenvalue weighted by Crippen LogP contribution is 2.41. The Bertz CT molecular complexity index is 888. The van der Waals surface area contributed by atoms with Crippen LogP contribution in [0.15, 0.2) is 48.5 Å². The van der Waals surface area contributed by atoms with Gasteiger partial charge in [0.25, 0.3) is 0 Å². The third kappa shape index (κ3) is 3.54. The van der Waals surface area contributed by atoms with Crippen LogP contribution in [-0.4, -0.2) is 20.1 Å². The van der Waals surface area contributed by atoms with E-state index in [1.165, 1.54) is 0 Å².